The van der Waals surface area contributed by atoms with Crippen molar-refractivity contribution in [2.45, 2.75) is 19.4 Å². The zero-order valence-electron chi connectivity index (χ0n) is 10.5. The largest absolute Gasteiger partial charge is 0.385 e. The summed E-state index contributed by atoms with van der Waals surface area (Å²) in [5.41, 5.74) is 3.01. The molecule has 5 nitrogen and oxygen atoms in total. The molecule has 0 aliphatic carbocycles. The molecule has 0 unspecified atom stereocenters. The average molecular weight is 266 g/mol. The Labute approximate surface area is 111 Å². The van der Waals surface area contributed by atoms with E-state index < -0.39 is 0 Å². The maximum absolute atomic E-state index is 5.01. The summed E-state index contributed by atoms with van der Waals surface area (Å²) in [7, 11) is 1.72. The van der Waals surface area contributed by atoms with E-state index in [-0.39, 0.29) is 0 Å². The lowest BCUT2D eigenvalue weighted by atomic mass is 10.3. The molecule has 0 saturated carbocycles. The van der Waals surface area contributed by atoms with Gasteiger partial charge < -0.3 is 14.6 Å². The Bertz CT molecular complexity index is 441. The number of rotatable bonds is 8. The molecule has 0 amide bonds. The van der Waals surface area contributed by atoms with Gasteiger partial charge in [0.15, 0.2) is 0 Å². The smallest absolute Gasteiger partial charge is 0.202 e. The zero-order chi connectivity index (χ0) is 12.6. The number of ether oxygens (including phenoxy) is 1. The van der Waals surface area contributed by atoms with Crippen molar-refractivity contribution >= 4 is 17.3 Å². The number of thiazole rings is 1. The molecule has 2 aromatic rings. The van der Waals surface area contributed by atoms with Crippen LogP contribution in [0, 0.1) is 0 Å². The summed E-state index contributed by atoms with van der Waals surface area (Å²) in [5, 5.41) is 5.40. The molecule has 0 spiro atoms. The van der Waals surface area contributed by atoms with Crippen LogP contribution in [-0.4, -0.2) is 34.8 Å². The van der Waals surface area contributed by atoms with E-state index >= 15 is 0 Å². The van der Waals surface area contributed by atoms with Crippen LogP contribution < -0.4 is 5.32 Å². The van der Waals surface area contributed by atoms with Gasteiger partial charge in [0.1, 0.15) is 0 Å². The molecule has 18 heavy (non-hydrogen) atoms. The molecule has 2 aromatic heterocycles. The SMILES string of the molecule is COCCCNc1nccn1CCc1cscn1. The molecule has 0 radical (unpaired) electrons. The predicted octanol–water partition coefficient (Wildman–Crippen LogP) is 2.03. The van der Waals surface area contributed by atoms with Gasteiger partial charge in [0, 0.05) is 51.0 Å². The molecular weight excluding hydrogens is 248 g/mol. The van der Waals surface area contributed by atoms with Crippen molar-refractivity contribution in [3.63, 3.8) is 0 Å². The van der Waals surface area contributed by atoms with Crippen molar-refractivity contribution in [2.24, 2.45) is 0 Å². The number of hydrogen-bond acceptors (Lipinski definition) is 5. The second-order valence-electron chi connectivity index (χ2n) is 3.95. The minimum atomic E-state index is 0.770. The lowest BCUT2D eigenvalue weighted by Gasteiger charge is -2.08. The van der Waals surface area contributed by atoms with E-state index in [4.69, 9.17) is 4.74 Å². The molecule has 0 fully saturated rings. The van der Waals surface area contributed by atoms with E-state index in [2.05, 4.69) is 25.2 Å². The van der Waals surface area contributed by atoms with E-state index in [0.717, 1.165) is 44.2 Å². The third-order valence-electron chi connectivity index (χ3n) is 2.62. The Balaban J connectivity index is 1.79. The highest BCUT2D eigenvalue weighted by molar-refractivity contribution is 7.07. The number of anilines is 1. The fraction of sp³-hybridized carbons (Fsp3) is 0.500. The van der Waals surface area contributed by atoms with Crippen molar-refractivity contribution in [2.75, 3.05) is 25.6 Å². The number of methoxy groups -OCH3 is 1. The van der Waals surface area contributed by atoms with Crippen molar-refractivity contribution < 1.29 is 4.74 Å². The lowest BCUT2D eigenvalue weighted by Crippen LogP contribution is -2.11. The predicted molar refractivity (Wildman–Crippen MR) is 73.0 cm³/mol. The van der Waals surface area contributed by atoms with Crippen LogP contribution in [0.15, 0.2) is 23.3 Å². The number of nitrogens with one attached hydrogen (secondary N) is 1. The van der Waals surface area contributed by atoms with Gasteiger partial charge in [0.2, 0.25) is 5.95 Å². The van der Waals surface area contributed by atoms with Crippen LogP contribution in [0.3, 0.4) is 0 Å². The third kappa shape index (κ3) is 3.82. The monoisotopic (exact) mass is 266 g/mol. The van der Waals surface area contributed by atoms with Crippen LogP contribution in [0.1, 0.15) is 12.1 Å². The maximum Gasteiger partial charge on any atom is 0.202 e. The molecule has 0 aliphatic rings. The maximum atomic E-state index is 5.01. The van der Waals surface area contributed by atoms with E-state index in [1.807, 2.05) is 17.9 Å². The van der Waals surface area contributed by atoms with Gasteiger partial charge >= 0.3 is 0 Å². The average Bonchev–Trinajstić information content (AvgIpc) is 3.03. The highest BCUT2D eigenvalue weighted by Crippen LogP contribution is 2.08. The summed E-state index contributed by atoms with van der Waals surface area (Å²) in [6.45, 7) is 2.55. The number of aromatic nitrogens is 3. The molecule has 1 N–H and O–H groups in total. The minimum absolute atomic E-state index is 0.770. The Morgan fingerprint density at radius 3 is 3.17 bits per heavy atom. The van der Waals surface area contributed by atoms with E-state index in [1.165, 1.54) is 0 Å². The molecule has 0 bridgehead atoms. The summed E-state index contributed by atoms with van der Waals surface area (Å²) in [4.78, 5) is 8.59. The second-order valence-corrected chi connectivity index (χ2v) is 4.67. The first-order chi connectivity index (χ1) is 8.90. The fourth-order valence-corrected chi connectivity index (χ4v) is 2.26. The van der Waals surface area contributed by atoms with Gasteiger partial charge in [0.25, 0.3) is 0 Å². The quantitative estimate of drug-likeness (QED) is 0.743. The summed E-state index contributed by atoms with van der Waals surface area (Å²) in [6.07, 6.45) is 5.73. The van der Waals surface area contributed by atoms with Gasteiger partial charge in [-0.25, -0.2) is 9.97 Å². The summed E-state index contributed by atoms with van der Waals surface area (Å²) in [5.74, 6) is 0.918. The number of hydrogen-bond donors (Lipinski definition) is 1. The van der Waals surface area contributed by atoms with E-state index in [1.54, 1.807) is 18.4 Å². The topological polar surface area (TPSA) is 52.0 Å². The molecule has 0 aliphatic heterocycles. The number of aryl methyl sites for hydroxylation is 2. The highest BCUT2D eigenvalue weighted by Gasteiger charge is 2.02. The number of nitrogens with zero attached hydrogens (tertiary/aromatic N) is 3. The molecule has 6 heteroatoms. The second kappa shape index (κ2) is 7.13. The molecule has 0 aromatic carbocycles. The Morgan fingerprint density at radius 1 is 1.44 bits per heavy atom. The highest BCUT2D eigenvalue weighted by atomic mass is 32.1. The van der Waals surface area contributed by atoms with Gasteiger partial charge in [0.05, 0.1) is 11.2 Å². The Hall–Kier alpha value is -1.40. The summed E-state index contributed by atoms with van der Waals surface area (Å²) < 4.78 is 7.13. The van der Waals surface area contributed by atoms with Crippen LogP contribution in [0.25, 0.3) is 0 Å². The first kappa shape index (κ1) is 13.0. The van der Waals surface area contributed by atoms with Crippen molar-refractivity contribution in [3.05, 3.63) is 29.0 Å². The normalized spacial score (nSPS) is 10.7. The van der Waals surface area contributed by atoms with Gasteiger partial charge in [-0.05, 0) is 6.42 Å². The van der Waals surface area contributed by atoms with E-state index in [9.17, 15) is 0 Å². The molecule has 0 atom stereocenters. The van der Waals surface area contributed by atoms with Crippen LogP contribution >= 0.6 is 11.3 Å². The van der Waals surface area contributed by atoms with Crippen molar-refractivity contribution in [1.29, 1.82) is 0 Å². The van der Waals surface area contributed by atoms with Gasteiger partial charge in [-0.3, -0.25) is 0 Å². The van der Waals surface area contributed by atoms with Crippen LogP contribution in [0.5, 0.6) is 0 Å². The molecule has 98 valence electrons. The first-order valence-corrected chi connectivity index (χ1v) is 6.95. The van der Waals surface area contributed by atoms with Crippen LogP contribution in [0.2, 0.25) is 0 Å². The van der Waals surface area contributed by atoms with Gasteiger partial charge in [-0.15, -0.1) is 11.3 Å². The van der Waals surface area contributed by atoms with Gasteiger partial charge in [-0.1, -0.05) is 0 Å². The Kier molecular flexibility index (Phi) is 5.16. The van der Waals surface area contributed by atoms with Crippen LogP contribution in [-0.2, 0) is 17.7 Å². The molecule has 2 rings (SSSR count). The molecule has 0 saturated heterocycles. The fourth-order valence-electron chi connectivity index (χ4n) is 1.67. The Morgan fingerprint density at radius 2 is 2.39 bits per heavy atom. The van der Waals surface area contributed by atoms with E-state index in [0.29, 0.717) is 0 Å². The lowest BCUT2D eigenvalue weighted by molar-refractivity contribution is 0.197. The third-order valence-corrected chi connectivity index (χ3v) is 3.25. The zero-order valence-corrected chi connectivity index (χ0v) is 11.3. The van der Waals surface area contributed by atoms with Crippen LogP contribution in [0.4, 0.5) is 5.95 Å². The minimum Gasteiger partial charge on any atom is -0.385 e. The van der Waals surface area contributed by atoms with Crippen molar-refractivity contribution in [3.8, 4) is 0 Å². The standard InChI is InChI=1S/C12H18N4OS/c1-17-8-2-4-13-12-14-5-7-16(12)6-3-11-9-18-10-15-11/h5,7,9-10H,2-4,6,8H2,1H3,(H,13,14). The summed E-state index contributed by atoms with van der Waals surface area (Å²) >= 11 is 1.63. The molecular formula is C12H18N4OS. The van der Waals surface area contributed by atoms with Gasteiger partial charge in [-0.2, -0.15) is 0 Å². The first-order valence-electron chi connectivity index (χ1n) is 6.01. The summed E-state index contributed by atoms with van der Waals surface area (Å²) in [6, 6.07) is 0. The van der Waals surface area contributed by atoms with Crippen molar-refractivity contribution in [1.82, 2.24) is 14.5 Å². The molecule has 2 heterocycles. The number of imidazole rings is 1.